The molecule has 0 saturated carbocycles. The molecule has 0 spiro atoms. The van der Waals surface area contributed by atoms with Crippen LogP contribution in [0.25, 0.3) is 0 Å². The Morgan fingerprint density at radius 1 is 1.10 bits per heavy atom. The Labute approximate surface area is 193 Å². The molecular weight excluding hydrogens is 476 g/mol. The summed E-state index contributed by atoms with van der Waals surface area (Å²) >= 11 is 23.1. The van der Waals surface area contributed by atoms with E-state index in [0.29, 0.717) is 5.69 Å². The third-order valence-electron chi connectivity index (χ3n) is 3.66. The molecule has 2 aromatic carbocycles. The van der Waals surface area contributed by atoms with Gasteiger partial charge in [0.2, 0.25) is 3.79 Å². The van der Waals surface area contributed by atoms with Crippen LogP contribution in [0.5, 0.6) is 0 Å². The predicted octanol–water partition coefficient (Wildman–Crippen LogP) is 4.42. The molecule has 1 atom stereocenters. The van der Waals surface area contributed by atoms with Crippen LogP contribution in [0, 0.1) is 5.82 Å². The maximum Gasteiger partial charge on any atom is 0.340 e. The van der Waals surface area contributed by atoms with Crippen molar-refractivity contribution in [2.45, 2.75) is 16.9 Å². The van der Waals surface area contributed by atoms with Crippen LogP contribution in [0.2, 0.25) is 0 Å². The number of thiocarbonyl (C=S) groups is 1. The van der Waals surface area contributed by atoms with Crippen LogP contribution in [-0.4, -0.2) is 33.6 Å². The highest BCUT2D eigenvalue weighted by Gasteiger charge is 2.35. The highest BCUT2D eigenvalue weighted by Crippen LogP contribution is 2.29. The number of esters is 1. The summed E-state index contributed by atoms with van der Waals surface area (Å²) in [6.45, 7) is 1.90. The van der Waals surface area contributed by atoms with E-state index in [-0.39, 0.29) is 22.8 Å². The first-order valence-electron chi connectivity index (χ1n) is 8.58. The van der Waals surface area contributed by atoms with Crippen molar-refractivity contribution in [2.75, 3.05) is 11.9 Å². The normalized spacial score (nSPS) is 11.9. The van der Waals surface area contributed by atoms with Gasteiger partial charge in [-0.05, 0) is 55.5 Å². The third kappa shape index (κ3) is 6.98. The fraction of sp³-hybridized carbons (Fsp3) is 0.211. The predicted molar refractivity (Wildman–Crippen MR) is 120 cm³/mol. The molecule has 0 bridgehead atoms. The van der Waals surface area contributed by atoms with E-state index in [1.165, 1.54) is 12.1 Å². The van der Waals surface area contributed by atoms with E-state index in [9.17, 15) is 14.0 Å². The summed E-state index contributed by atoms with van der Waals surface area (Å²) in [6.07, 6.45) is -1.24. The molecule has 0 aliphatic carbocycles. The number of carbonyl (C=O) groups is 2. The van der Waals surface area contributed by atoms with Crippen molar-refractivity contribution in [3.63, 3.8) is 0 Å². The largest absolute Gasteiger partial charge is 0.462 e. The average molecular weight is 493 g/mol. The van der Waals surface area contributed by atoms with E-state index in [2.05, 4.69) is 16.0 Å². The molecule has 0 saturated heterocycles. The minimum Gasteiger partial charge on any atom is -0.462 e. The van der Waals surface area contributed by atoms with Crippen LogP contribution in [0.4, 0.5) is 10.1 Å². The molecule has 1 unspecified atom stereocenters. The second-order valence-electron chi connectivity index (χ2n) is 5.82. The van der Waals surface area contributed by atoms with Crippen LogP contribution in [0.3, 0.4) is 0 Å². The molecule has 0 aliphatic rings. The lowest BCUT2D eigenvalue weighted by Crippen LogP contribution is -2.56. The van der Waals surface area contributed by atoms with Gasteiger partial charge in [0, 0.05) is 5.56 Å². The van der Waals surface area contributed by atoms with Crippen LogP contribution >= 0.6 is 47.0 Å². The Morgan fingerprint density at radius 3 is 2.33 bits per heavy atom. The summed E-state index contributed by atoms with van der Waals surface area (Å²) in [4.78, 5) is 24.5. The van der Waals surface area contributed by atoms with Crippen LogP contribution < -0.4 is 16.0 Å². The third-order valence-corrected chi connectivity index (χ3v) is 4.53. The van der Waals surface area contributed by atoms with E-state index in [0.717, 1.165) is 12.1 Å². The fourth-order valence-corrected chi connectivity index (χ4v) is 2.84. The van der Waals surface area contributed by atoms with Gasteiger partial charge in [-0.2, -0.15) is 0 Å². The van der Waals surface area contributed by atoms with Crippen molar-refractivity contribution in [2.24, 2.45) is 0 Å². The monoisotopic (exact) mass is 491 g/mol. The van der Waals surface area contributed by atoms with Gasteiger partial charge >= 0.3 is 5.97 Å². The molecule has 0 fully saturated rings. The van der Waals surface area contributed by atoms with Gasteiger partial charge in [0.15, 0.2) is 5.11 Å². The van der Waals surface area contributed by atoms with E-state index in [4.69, 9.17) is 51.8 Å². The molecule has 11 heteroatoms. The highest BCUT2D eigenvalue weighted by atomic mass is 35.6. The number of hydrogen-bond acceptors (Lipinski definition) is 4. The lowest BCUT2D eigenvalue weighted by molar-refractivity contribution is 0.0527. The number of para-hydroxylation sites is 1. The van der Waals surface area contributed by atoms with Crippen molar-refractivity contribution in [3.05, 3.63) is 65.5 Å². The zero-order valence-electron chi connectivity index (χ0n) is 15.5. The first kappa shape index (κ1) is 24.1. The molecular formula is C19H17Cl3FN3O3S. The number of hydrogen-bond donors (Lipinski definition) is 3. The Balaban J connectivity index is 2.12. The van der Waals surface area contributed by atoms with Gasteiger partial charge in [-0.1, -0.05) is 46.9 Å². The maximum atomic E-state index is 13.1. The summed E-state index contributed by atoms with van der Waals surface area (Å²) < 4.78 is 16.1. The number of benzene rings is 2. The summed E-state index contributed by atoms with van der Waals surface area (Å²) in [7, 11) is 0. The van der Waals surface area contributed by atoms with Crippen molar-refractivity contribution in [3.8, 4) is 0 Å². The molecule has 0 aromatic heterocycles. The number of halogens is 4. The quantitative estimate of drug-likeness (QED) is 0.240. The molecule has 160 valence electrons. The second kappa shape index (κ2) is 10.8. The van der Waals surface area contributed by atoms with Crippen molar-refractivity contribution >= 4 is 69.7 Å². The average Bonchev–Trinajstić information content (AvgIpc) is 2.67. The molecule has 0 heterocycles. The van der Waals surface area contributed by atoms with Crippen molar-refractivity contribution in [1.82, 2.24) is 10.6 Å². The van der Waals surface area contributed by atoms with Gasteiger partial charge in [-0.25, -0.2) is 9.18 Å². The molecule has 0 aliphatic heterocycles. The smallest absolute Gasteiger partial charge is 0.340 e. The number of alkyl halides is 3. The SMILES string of the molecule is CCOC(=O)c1ccccc1NC(=S)NC(NC(=O)c1ccc(F)cc1)C(Cl)(Cl)Cl. The first-order valence-corrected chi connectivity index (χ1v) is 10.1. The zero-order chi connectivity index (χ0) is 22.3. The lowest BCUT2D eigenvalue weighted by Gasteiger charge is -2.28. The van der Waals surface area contributed by atoms with Crippen LogP contribution in [-0.2, 0) is 4.74 Å². The molecule has 0 radical (unpaired) electrons. The Hall–Kier alpha value is -2.13. The van der Waals surface area contributed by atoms with E-state index in [1.54, 1.807) is 31.2 Å². The summed E-state index contributed by atoms with van der Waals surface area (Å²) in [5.41, 5.74) is 0.773. The summed E-state index contributed by atoms with van der Waals surface area (Å²) in [5.74, 6) is -1.65. The van der Waals surface area contributed by atoms with Gasteiger partial charge in [-0.3, -0.25) is 4.79 Å². The minimum atomic E-state index is -1.98. The molecule has 3 N–H and O–H groups in total. The van der Waals surface area contributed by atoms with E-state index in [1.807, 2.05) is 0 Å². The van der Waals surface area contributed by atoms with E-state index < -0.39 is 27.7 Å². The Morgan fingerprint density at radius 2 is 1.73 bits per heavy atom. The first-order chi connectivity index (χ1) is 14.1. The number of rotatable bonds is 6. The van der Waals surface area contributed by atoms with Crippen LogP contribution in [0.1, 0.15) is 27.6 Å². The zero-order valence-corrected chi connectivity index (χ0v) is 18.6. The molecule has 2 aromatic rings. The Bertz CT molecular complexity index is 923. The van der Waals surface area contributed by atoms with Gasteiger partial charge in [0.1, 0.15) is 12.0 Å². The molecule has 6 nitrogen and oxygen atoms in total. The number of nitrogens with one attached hydrogen (secondary N) is 3. The summed E-state index contributed by atoms with van der Waals surface area (Å²) in [6, 6.07) is 11.4. The number of ether oxygens (including phenoxy) is 1. The van der Waals surface area contributed by atoms with E-state index >= 15 is 0 Å². The summed E-state index contributed by atoms with van der Waals surface area (Å²) in [5, 5.41) is 7.95. The fourth-order valence-electron chi connectivity index (χ4n) is 2.28. The molecule has 1 amide bonds. The molecule has 30 heavy (non-hydrogen) atoms. The van der Waals surface area contributed by atoms with Gasteiger partial charge in [0.05, 0.1) is 17.9 Å². The highest BCUT2D eigenvalue weighted by molar-refractivity contribution is 7.80. The van der Waals surface area contributed by atoms with Gasteiger partial charge in [0.25, 0.3) is 5.91 Å². The Kier molecular flexibility index (Phi) is 8.66. The molecule has 2 rings (SSSR count). The lowest BCUT2D eigenvalue weighted by atomic mass is 10.2. The van der Waals surface area contributed by atoms with Crippen LogP contribution in [0.15, 0.2) is 48.5 Å². The van der Waals surface area contributed by atoms with Gasteiger partial charge < -0.3 is 20.7 Å². The number of amides is 1. The minimum absolute atomic E-state index is 0.0255. The standard InChI is InChI=1S/C19H17Cl3FN3O3S/c1-2-29-16(28)13-5-3-4-6-14(13)24-18(30)26-17(19(20,21)22)25-15(27)11-7-9-12(23)10-8-11/h3-10,17H,2H2,1H3,(H,25,27)(H2,24,26,30). The van der Waals surface area contributed by atoms with Gasteiger partial charge in [-0.15, -0.1) is 0 Å². The number of anilines is 1. The maximum absolute atomic E-state index is 13.1. The second-order valence-corrected chi connectivity index (χ2v) is 8.60. The van der Waals surface area contributed by atoms with Crippen molar-refractivity contribution in [1.29, 1.82) is 0 Å². The number of carbonyl (C=O) groups excluding carboxylic acids is 2. The van der Waals surface area contributed by atoms with Crippen molar-refractivity contribution < 1.29 is 18.7 Å². The topological polar surface area (TPSA) is 79.5 Å².